The predicted octanol–water partition coefficient (Wildman–Crippen LogP) is 2.08. The van der Waals surface area contributed by atoms with Crippen molar-refractivity contribution in [2.75, 3.05) is 19.6 Å². The van der Waals surface area contributed by atoms with Crippen molar-refractivity contribution in [3.63, 3.8) is 0 Å². The molecule has 1 amide bonds. The molecule has 0 bridgehead atoms. The first-order valence-electron chi connectivity index (χ1n) is 12.8. The van der Waals surface area contributed by atoms with E-state index in [0.717, 1.165) is 5.56 Å². The van der Waals surface area contributed by atoms with Crippen LogP contribution in [-0.4, -0.2) is 70.4 Å². The molecule has 4 rings (SSSR count). The van der Waals surface area contributed by atoms with Gasteiger partial charge in [-0.15, -0.1) is 0 Å². The Balaban J connectivity index is 1.64. The second-order valence-electron chi connectivity index (χ2n) is 10.4. The fourth-order valence-electron chi connectivity index (χ4n) is 5.80. The second kappa shape index (κ2) is 10.8. The van der Waals surface area contributed by atoms with Crippen LogP contribution < -0.4 is 5.32 Å². The van der Waals surface area contributed by atoms with Gasteiger partial charge in [0.25, 0.3) is 5.91 Å². The zero-order valence-corrected chi connectivity index (χ0v) is 21.5. The molecular formula is C26H33BN4O6. The van der Waals surface area contributed by atoms with E-state index < -0.39 is 36.4 Å². The Hall–Kier alpha value is -3.60. The van der Waals surface area contributed by atoms with Gasteiger partial charge in [-0.2, -0.15) is 0 Å². The summed E-state index contributed by atoms with van der Waals surface area (Å²) in [6.07, 6.45) is 4.98. The van der Waals surface area contributed by atoms with Crippen LogP contribution in [-0.2, 0) is 30.1 Å². The van der Waals surface area contributed by atoms with Crippen LogP contribution in [0.5, 0.6) is 0 Å². The third kappa shape index (κ3) is 5.41. The summed E-state index contributed by atoms with van der Waals surface area (Å²) in [6, 6.07) is 8.53. The van der Waals surface area contributed by atoms with Crippen LogP contribution >= 0.6 is 0 Å². The van der Waals surface area contributed by atoms with E-state index in [1.54, 1.807) is 0 Å². The highest BCUT2D eigenvalue weighted by Gasteiger charge is 2.69. The Morgan fingerprint density at radius 2 is 1.76 bits per heavy atom. The van der Waals surface area contributed by atoms with E-state index in [9.17, 15) is 19.2 Å². The van der Waals surface area contributed by atoms with Crippen LogP contribution in [0, 0.1) is 5.92 Å². The van der Waals surface area contributed by atoms with Crippen LogP contribution in [0.15, 0.2) is 48.9 Å². The van der Waals surface area contributed by atoms with Gasteiger partial charge in [0.2, 0.25) is 0 Å². The Kier molecular flexibility index (Phi) is 7.72. The Bertz CT molecular complexity index is 1140. The molecule has 37 heavy (non-hydrogen) atoms. The number of rotatable bonds is 11. The summed E-state index contributed by atoms with van der Waals surface area (Å²) in [6.45, 7) is 4.05. The molecule has 196 valence electrons. The number of nitrogens with zero attached hydrogens (tertiary/aromatic N) is 3. The highest BCUT2D eigenvalue weighted by atomic mass is 16.7. The molecule has 2 aromatic rings. The smallest absolute Gasteiger partial charge is 0.587 e. The number of benzene rings is 1. The first-order valence-corrected chi connectivity index (χ1v) is 12.8. The average molecular weight is 508 g/mol. The number of ketones is 1. The Morgan fingerprint density at radius 1 is 1.08 bits per heavy atom. The van der Waals surface area contributed by atoms with Gasteiger partial charge in [0.1, 0.15) is 18.8 Å². The molecule has 10 nitrogen and oxygen atoms in total. The van der Waals surface area contributed by atoms with Crippen LogP contribution in [0.3, 0.4) is 0 Å². The average Bonchev–Trinajstić information content (AvgIpc) is 3.30. The van der Waals surface area contributed by atoms with E-state index in [1.165, 1.54) is 18.6 Å². The van der Waals surface area contributed by atoms with Gasteiger partial charge in [-0.05, 0) is 37.1 Å². The first-order chi connectivity index (χ1) is 17.7. The topological polar surface area (TPSA) is 125 Å². The summed E-state index contributed by atoms with van der Waals surface area (Å²) in [5.74, 6) is -1.96. The molecule has 1 aromatic carbocycles. The van der Waals surface area contributed by atoms with Crippen molar-refractivity contribution in [3.05, 3.63) is 60.2 Å². The Morgan fingerprint density at radius 3 is 2.32 bits per heavy atom. The van der Waals surface area contributed by atoms with Gasteiger partial charge in [-0.25, -0.2) is 4.98 Å². The monoisotopic (exact) mass is 508 g/mol. The molecule has 1 aromatic heterocycles. The number of hydrogen-bond acceptors (Lipinski definition) is 8. The lowest BCUT2D eigenvalue weighted by Crippen LogP contribution is -2.65. The number of hydrogen-bond donors (Lipinski definition) is 1. The fraction of sp³-hybridized carbons (Fsp3) is 0.462. The maximum atomic E-state index is 13.9. The van der Waals surface area contributed by atoms with Crippen molar-refractivity contribution < 1.29 is 32.9 Å². The van der Waals surface area contributed by atoms with E-state index in [2.05, 4.69) is 15.3 Å². The van der Waals surface area contributed by atoms with Gasteiger partial charge < -0.3 is 19.0 Å². The number of Topliss-reactive ketones (excluding diaryl/α,β-unsaturated/α-hetero) is 1. The minimum absolute atomic E-state index is 0.0169. The Labute approximate surface area is 216 Å². The maximum absolute atomic E-state index is 13.9. The largest absolute Gasteiger partial charge is 0.600 e. The molecule has 0 spiro atoms. The fourth-order valence-corrected chi connectivity index (χ4v) is 5.80. The van der Waals surface area contributed by atoms with E-state index >= 15 is 0 Å². The SMILES string of the molecule is CC[N+]12CC(=O)O[B-]1([C@@H](CC(=O)[C@H](Cc1ccccc1)NC(=O)c1cnccn1)CC(C)C)OC(=O)C2. The molecule has 0 unspecified atom stereocenters. The predicted molar refractivity (Wildman–Crippen MR) is 135 cm³/mol. The number of nitrogens with one attached hydrogen (secondary N) is 1. The zero-order chi connectivity index (χ0) is 26.6. The number of quaternary nitrogens is 1. The minimum atomic E-state index is -2.42. The molecular weight excluding hydrogens is 475 g/mol. The molecule has 1 N–H and O–H groups in total. The summed E-state index contributed by atoms with van der Waals surface area (Å²) >= 11 is 0. The molecule has 11 heteroatoms. The van der Waals surface area contributed by atoms with Gasteiger partial charge in [0.15, 0.2) is 5.78 Å². The molecule has 0 aliphatic carbocycles. The second-order valence-corrected chi connectivity index (χ2v) is 10.4. The molecule has 2 fully saturated rings. The summed E-state index contributed by atoms with van der Waals surface area (Å²) in [5, 5.41) is 2.82. The molecule has 3 heterocycles. The van der Waals surface area contributed by atoms with Crippen molar-refractivity contribution in [1.82, 2.24) is 15.3 Å². The maximum Gasteiger partial charge on any atom is 0.587 e. The third-order valence-corrected chi connectivity index (χ3v) is 7.49. The highest BCUT2D eigenvalue weighted by molar-refractivity contribution is 6.67. The van der Waals surface area contributed by atoms with Crippen molar-refractivity contribution in [2.24, 2.45) is 5.92 Å². The molecule has 2 aliphatic heterocycles. The molecule has 0 radical (unpaired) electrons. The van der Waals surface area contributed by atoms with Gasteiger partial charge in [-0.1, -0.05) is 50.6 Å². The standard InChI is InChI=1S/C26H33BN4O6/c1-4-31-16-24(33)36-27(31,37-25(34)17-31)20(12-18(2)3)14-23(32)21(13-19-8-6-5-7-9-19)30-26(35)22-15-28-10-11-29-22/h5-11,15,18,20-21H,4,12-14,16-17H2,1-3H3,(H,30,35)/t20-,21+,27?,31?/m1/s1. The molecule has 2 atom stereocenters. The van der Waals surface area contributed by atoms with E-state index in [-0.39, 0.29) is 47.7 Å². The number of carbonyl (C=O) groups is 4. The van der Waals surface area contributed by atoms with Gasteiger partial charge in [-0.3, -0.25) is 24.2 Å². The number of fused-ring (bicyclic) bond motifs is 1. The number of likely N-dealkylation sites (N-methyl/N-ethyl adjacent to an activating group) is 1. The summed E-state index contributed by atoms with van der Waals surface area (Å²) in [7, 11) is 0. The molecule has 2 saturated heterocycles. The lowest BCUT2D eigenvalue weighted by Gasteiger charge is -2.47. The number of amides is 1. The van der Waals surface area contributed by atoms with Crippen molar-refractivity contribution in [3.8, 4) is 0 Å². The normalized spacial score (nSPS) is 24.2. The van der Waals surface area contributed by atoms with E-state index in [1.807, 2.05) is 51.1 Å². The van der Waals surface area contributed by atoms with Crippen LogP contribution in [0.2, 0.25) is 5.82 Å². The van der Waals surface area contributed by atoms with Crippen LogP contribution in [0.1, 0.15) is 49.7 Å². The van der Waals surface area contributed by atoms with Gasteiger partial charge in [0.05, 0.1) is 12.2 Å². The third-order valence-electron chi connectivity index (χ3n) is 7.49. The number of carbonyl (C=O) groups excluding carboxylic acids is 4. The van der Waals surface area contributed by atoms with Crippen molar-refractivity contribution >= 4 is 30.3 Å². The lowest BCUT2D eigenvalue weighted by atomic mass is 9.51. The van der Waals surface area contributed by atoms with E-state index in [4.69, 9.17) is 9.31 Å². The number of aromatic nitrogens is 2. The van der Waals surface area contributed by atoms with Gasteiger partial charge >= 0.3 is 18.6 Å². The lowest BCUT2D eigenvalue weighted by molar-refractivity contribution is -0.814. The van der Waals surface area contributed by atoms with E-state index in [0.29, 0.717) is 13.0 Å². The summed E-state index contributed by atoms with van der Waals surface area (Å²) in [4.78, 5) is 59.8. The van der Waals surface area contributed by atoms with Crippen LogP contribution in [0.4, 0.5) is 0 Å². The molecule has 0 saturated carbocycles. The van der Waals surface area contributed by atoms with Crippen molar-refractivity contribution in [1.29, 1.82) is 0 Å². The van der Waals surface area contributed by atoms with Crippen molar-refractivity contribution in [2.45, 2.75) is 51.9 Å². The zero-order valence-electron chi connectivity index (χ0n) is 21.5. The molecule has 2 aliphatic rings. The highest BCUT2D eigenvalue weighted by Crippen LogP contribution is 2.47. The minimum Gasteiger partial charge on any atom is -0.600 e. The van der Waals surface area contributed by atoms with Gasteiger partial charge in [0, 0.05) is 18.9 Å². The quantitative estimate of drug-likeness (QED) is 0.458. The summed E-state index contributed by atoms with van der Waals surface area (Å²) in [5.41, 5.74) is 0.980. The first kappa shape index (κ1) is 26.5. The van der Waals surface area contributed by atoms with Crippen LogP contribution in [0.25, 0.3) is 0 Å². The summed E-state index contributed by atoms with van der Waals surface area (Å²) < 4.78 is 11.8.